The number of rotatable bonds is 4. The third kappa shape index (κ3) is 4.42. The maximum atomic E-state index is 13.6. The van der Waals surface area contributed by atoms with E-state index >= 15 is 0 Å². The van der Waals surface area contributed by atoms with Crippen molar-refractivity contribution < 1.29 is 9.59 Å². The molecule has 0 atom stereocenters. The first-order valence-corrected chi connectivity index (χ1v) is 11.7. The van der Waals surface area contributed by atoms with E-state index < -0.39 is 0 Å². The molecule has 1 N–H and O–H groups in total. The van der Waals surface area contributed by atoms with Gasteiger partial charge in [-0.25, -0.2) is 0 Å². The Morgan fingerprint density at radius 1 is 1.00 bits per heavy atom. The average Bonchev–Trinajstić information content (AvgIpc) is 3.39. The predicted molar refractivity (Wildman–Crippen MR) is 128 cm³/mol. The van der Waals surface area contributed by atoms with Gasteiger partial charge in [0.25, 0.3) is 5.91 Å². The molecular formula is C27H30N4O2. The molecule has 2 saturated heterocycles. The van der Waals surface area contributed by atoms with Crippen molar-refractivity contribution in [2.45, 2.75) is 39.7 Å². The number of hydrogen-bond acceptors (Lipinski definition) is 3. The lowest BCUT2D eigenvalue weighted by atomic mass is 9.77. The highest BCUT2D eigenvalue weighted by Crippen LogP contribution is 2.38. The minimum absolute atomic E-state index is 0.0171. The number of aromatic nitrogens is 2. The van der Waals surface area contributed by atoms with Crippen molar-refractivity contribution in [1.29, 1.82) is 0 Å². The van der Waals surface area contributed by atoms with Gasteiger partial charge in [-0.1, -0.05) is 59.7 Å². The summed E-state index contributed by atoms with van der Waals surface area (Å²) >= 11 is 0. The van der Waals surface area contributed by atoms with Crippen LogP contribution in [0, 0.1) is 19.3 Å². The number of amides is 2. The molecule has 2 fully saturated rings. The largest absolute Gasteiger partial charge is 0.356 e. The van der Waals surface area contributed by atoms with Gasteiger partial charge in [0.2, 0.25) is 5.91 Å². The first kappa shape index (κ1) is 21.4. The molecule has 0 saturated carbocycles. The van der Waals surface area contributed by atoms with Gasteiger partial charge in [0, 0.05) is 37.8 Å². The smallest absolute Gasteiger partial charge is 0.257 e. The highest BCUT2D eigenvalue weighted by molar-refractivity contribution is 6.00. The van der Waals surface area contributed by atoms with E-state index in [0.717, 1.165) is 36.2 Å². The molecule has 5 rings (SSSR count). The quantitative estimate of drug-likeness (QED) is 0.665. The number of likely N-dealkylation sites (tertiary alicyclic amines) is 1. The van der Waals surface area contributed by atoms with E-state index in [0.29, 0.717) is 31.6 Å². The van der Waals surface area contributed by atoms with Gasteiger partial charge in [0.05, 0.1) is 12.1 Å². The fourth-order valence-electron chi connectivity index (χ4n) is 4.92. The molecular weight excluding hydrogens is 412 g/mol. The molecule has 6 nitrogen and oxygen atoms in total. The van der Waals surface area contributed by atoms with Crippen LogP contribution in [-0.2, 0) is 11.3 Å². The molecule has 170 valence electrons. The summed E-state index contributed by atoms with van der Waals surface area (Å²) in [4.78, 5) is 27.3. The normalized spacial score (nSPS) is 17.4. The summed E-state index contributed by atoms with van der Waals surface area (Å²) in [6.45, 7) is 6.82. The second-order valence-corrected chi connectivity index (χ2v) is 9.69. The highest BCUT2D eigenvalue weighted by Gasteiger charge is 2.42. The van der Waals surface area contributed by atoms with Crippen LogP contribution >= 0.6 is 0 Å². The van der Waals surface area contributed by atoms with Gasteiger partial charge in [-0.05, 0) is 37.7 Å². The number of aryl methyl sites for hydroxylation is 2. The zero-order valence-corrected chi connectivity index (χ0v) is 19.3. The number of nitrogens with one attached hydrogen (secondary N) is 1. The van der Waals surface area contributed by atoms with Crippen molar-refractivity contribution in [3.05, 3.63) is 77.0 Å². The maximum Gasteiger partial charge on any atom is 0.257 e. The standard InChI is InChI=1S/C27H30N4O2/c1-19-3-7-21(8-4-19)16-31-17-23(25(29-31)22-9-5-20(2)6-10-22)26(33)30-13-11-27(12-14-30)15-24(32)28-18-27/h3-10,17H,11-16,18H2,1-2H3,(H,28,32). The third-order valence-corrected chi connectivity index (χ3v) is 7.09. The van der Waals surface area contributed by atoms with E-state index in [9.17, 15) is 9.59 Å². The average molecular weight is 443 g/mol. The number of piperidine rings is 1. The van der Waals surface area contributed by atoms with Crippen LogP contribution in [0.15, 0.2) is 54.7 Å². The van der Waals surface area contributed by atoms with Crippen molar-refractivity contribution in [2.75, 3.05) is 19.6 Å². The van der Waals surface area contributed by atoms with E-state index in [4.69, 9.17) is 5.10 Å². The number of carbonyl (C=O) groups excluding carboxylic acids is 2. The minimum Gasteiger partial charge on any atom is -0.356 e. The van der Waals surface area contributed by atoms with E-state index in [-0.39, 0.29) is 17.2 Å². The lowest BCUT2D eigenvalue weighted by molar-refractivity contribution is -0.119. The highest BCUT2D eigenvalue weighted by atomic mass is 16.2. The molecule has 0 radical (unpaired) electrons. The van der Waals surface area contributed by atoms with Crippen molar-refractivity contribution in [3.63, 3.8) is 0 Å². The number of carbonyl (C=O) groups is 2. The molecule has 2 aromatic carbocycles. The zero-order chi connectivity index (χ0) is 23.0. The molecule has 1 aromatic heterocycles. The Bertz CT molecular complexity index is 1170. The molecule has 6 heteroatoms. The summed E-state index contributed by atoms with van der Waals surface area (Å²) < 4.78 is 1.87. The molecule has 2 aliphatic heterocycles. The van der Waals surface area contributed by atoms with Crippen LogP contribution in [0.25, 0.3) is 11.3 Å². The van der Waals surface area contributed by atoms with E-state index in [1.165, 1.54) is 11.1 Å². The molecule has 2 amide bonds. The first-order valence-electron chi connectivity index (χ1n) is 11.7. The van der Waals surface area contributed by atoms with Crippen LogP contribution in [-0.4, -0.2) is 46.1 Å². The molecule has 2 aliphatic rings. The second-order valence-electron chi connectivity index (χ2n) is 9.69. The maximum absolute atomic E-state index is 13.6. The molecule has 3 aromatic rings. The predicted octanol–water partition coefficient (Wildman–Crippen LogP) is 3.96. The first-order chi connectivity index (χ1) is 15.9. The number of nitrogens with zero attached hydrogens (tertiary/aromatic N) is 3. The Morgan fingerprint density at radius 2 is 1.64 bits per heavy atom. The van der Waals surface area contributed by atoms with Gasteiger partial charge in [-0.3, -0.25) is 14.3 Å². The molecule has 1 spiro atoms. The van der Waals surface area contributed by atoms with Crippen LogP contribution in [0.5, 0.6) is 0 Å². The zero-order valence-electron chi connectivity index (χ0n) is 19.3. The van der Waals surface area contributed by atoms with Crippen molar-refractivity contribution >= 4 is 11.8 Å². The fraction of sp³-hybridized carbons (Fsp3) is 0.370. The van der Waals surface area contributed by atoms with Crippen LogP contribution in [0.1, 0.15) is 46.3 Å². The van der Waals surface area contributed by atoms with Gasteiger partial charge in [-0.2, -0.15) is 5.10 Å². The minimum atomic E-state index is 0.0171. The summed E-state index contributed by atoms with van der Waals surface area (Å²) in [5.41, 5.74) is 5.88. The lowest BCUT2D eigenvalue weighted by Crippen LogP contribution is -2.44. The Balaban J connectivity index is 1.41. The van der Waals surface area contributed by atoms with Gasteiger partial charge in [-0.15, -0.1) is 0 Å². The van der Waals surface area contributed by atoms with Crippen molar-refractivity contribution in [3.8, 4) is 11.3 Å². The lowest BCUT2D eigenvalue weighted by Gasteiger charge is -2.38. The number of benzene rings is 2. The summed E-state index contributed by atoms with van der Waals surface area (Å²) in [7, 11) is 0. The monoisotopic (exact) mass is 442 g/mol. The molecule has 3 heterocycles. The Hall–Kier alpha value is -3.41. The topological polar surface area (TPSA) is 67.2 Å². The van der Waals surface area contributed by atoms with Crippen LogP contribution in [0.4, 0.5) is 0 Å². The Morgan fingerprint density at radius 3 is 2.24 bits per heavy atom. The molecule has 0 aliphatic carbocycles. The van der Waals surface area contributed by atoms with E-state index in [1.807, 2.05) is 27.9 Å². The van der Waals surface area contributed by atoms with Gasteiger partial charge in [0.15, 0.2) is 0 Å². The van der Waals surface area contributed by atoms with Crippen LogP contribution < -0.4 is 5.32 Å². The van der Waals surface area contributed by atoms with Gasteiger partial charge < -0.3 is 10.2 Å². The van der Waals surface area contributed by atoms with E-state index in [2.05, 4.69) is 55.6 Å². The van der Waals surface area contributed by atoms with Crippen molar-refractivity contribution in [2.24, 2.45) is 5.41 Å². The fourth-order valence-corrected chi connectivity index (χ4v) is 4.92. The van der Waals surface area contributed by atoms with Crippen LogP contribution in [0.3, 0.4) is 0 Å². The SMILES string of the molecule is Cc1ccc(Cn2cc(C(=O)N3CCC4(CC3)CNC(=O)C4)c(-c3ccc(C)cc3)n2)cc1. The van der Waals surface area contributed by atoms with Gasteiger partial charge in [0.1, 0.15) is 5.69 Å². The van der Waals surface area contributed by atoms with Gasteiger partial charge >= 0.3 is 0 Å². The summed E-state index contributed by atoms with van der Waals surface area (Å²) in [5.74, 6) is 0.154. The molecule has 0 unspecified atom stereocenters. The van der Waals surface area contributed by atoms with Crippen molar-refractivity contribution in [1.82, 2.24) is 20.0 Å². The summed E-state index contributed by atoms with van der Waals surface area (Å²) in [6, 6.07) is 16.6. The summed E-state index contributed by atoms with van der Waals surface area (Å²) in [6.07, 6.45) is 4.18. The van der Waals surface area contributed by atoms with Crippen LogP contribution in [0.2, 0.25) is 0 Å². The second kappa shape index (κ2) is 8.50. The van der Waals surface area contributed by atoms with E-state index in [1.54, 1.807) is 0 Å². The third-order valence-electron chi connectivity index (χ3n) is 7.09. The Labute approximate surface area is 194 Å². The summed E-state index contributed by atoms with van der Waals surface area (Å²) in [5, 5.41) is 7.80. The molecule has 0 bridgehead atoms. The Kier molecular flexibility index (Phi) is 5.52. The molecule has 33 heavy (non-hydrogen) atoms. The number of hydrogen-bond donors (Lipinski definition) is 1.